The van der Waals surface area contributed by atoms with Crippen LogP contribution < -0.4 is 10.6 Å². The van der Waals surface area contributed by atoms with E-state index in [9.17, 15) is 5.11 Å². The monoisotopic (exact) mass is 302 g/mol. The fourth-order valence-corrected chi connectivity index (χ4v) is 1.49. The molecule has 18 heavy (non-hydrogen) atoms. The van der Waals surface area contributed by atoms with Crippen molar-refractivity contribution < 1.29 is 10.2 Å². The van der Waals surface area contributed by atoms with Crippen LogP contribution in [0.3, 0.4) is 0 Å². The fraction of sp³-hybridized carbons (Fsp3) is 0.833. The van der Waals surface area contributed by atoms with Crippen LogP contribution in [0.2, 0.25) is 0 Å². The Bertz CT molecular complexity index is 193. The molecule has 0 aliphatic rings. The van der Waals surface area contributed by atoms with Gasteiger partial charge in [-0.25, -0.2) is 0 Å². The Balaban J connectivity index is -0.00000112. The minimum atomic E-state index is -0.287. The zero-order chi connectivity index (χ0) is 12.4. The Kier molecular flexibility index (Phi) is 17.6. The second-order valence-corrected chi connectivity index (χ2v) is 4.38. The smallest absolute Gasteiger partial charge is 0.0613 e. The van der Waals surface area contributed by atoms with E-state index >= 15 is 0 Å². The van der Waals surface area contributed by atoms with Crippen LogP contribution in [0.1, 0.15) is 26.7 Å². The summed E-state index contributed by atoms with van der Waals surface area (Å²) in [5.41, 5.74) is -0.287. The number of nitrogens with one attached hydrogen (secondary N) is 2. The van der Waals surface area contributed by atoms with Gasteiger partial charge in [-0.1, -0.05) is 13.0 Å². The van der Waals surface area contributed by atoms with Gasteiger partial charge in [-0.05, 0) is 19.8 Å². The van der Waals surface area contributed by atoms with Gasteiger partial charge in [0.15, 0.2) is 0 Å². The highest BCUT2D eigenvalue weighted by Gasteiger charge is 2.20. The van der Waals surface area contributed by atoms with Crippen LogP contribution in [-0.2, 0) is 0 Å². The molecule has 0 aliphatic heterocycles. The van der Waals surface area contributed by atoms with E-state index in [1.54, 1.807) is 6.08 Å². The average molecular weight is 303 g/mol. The predicted molar refractivity (Wildman–Crippen MR) is 82.0 cm³/mol. The van der Waals surface area contributed by atoms with E-state index in [4.69, 9.17) is 5.11 Å². The van der Waals surface area contributed by atoms with Gasteiger partial charge in [0.05, 0.1) is 13.2 Å². The molecule has 0 bridgehead atoms. The number of rotatable bonds is 10. The molecule has 0 aromatic heterocycles. The van der Waals surface area contributed by atoms with E-state index in [1.165, 1.54) is 0 Å². The van der Waals surface area contributed by atoms with Crippen LogP contribution in [0.25, 0.3) is 0 Å². The van der Waals surface area contributed by atoms with Crippen LogP contribution in [0, 0.1) is 0 Å². The summed E-state index contributed by atoms with van der Waals surface area (Å²) in [5, 5.41) is 24.7. The quantitative estimate of drug-likeness (QED) is 0.361. The van der Waals surface area contributed by atoms with Crippen LogP contribution >= 0.6 is 24.8 Å². The molecule has 2 atom stereocenters. The molecule has 0 saturated heterocycles. The van der Waals surface area contributed by atoms with E-state index in [-0.39, 0.29) is 49.6 Å². The van der Waals surface area contributed by atoms with Crippen LogP contribution in [-0.4, -0.2) is 48.1 Å². The minimum absolute atomic E-state index is 0. The largest absolute Gasteiger partial charge is 0.395 e. The number of hydrogen-bond donors (Lipinski definition) is 4. The Morgan fingerprint density at radius 3 is 2.28 bits per heavy atom. The molecule has 4 nitrogen and oxygen atoms in total. The van der Waals surface area contributed by atoms with Gasteiger partial charge < -0.3 is 20.8 Å². The Morgan fingerprint density at radius 1 is 1.28 bits per heavy atom. The average Bonchev–Trinajstić information content (AvgIpc) is 2.30. The second kappa shape index (κ2) is 13.6. The van der Waals surface area contributed by atoms with Gasteiger partial charge >= 0.3 is 0 Å². The summed E-state index contributed by atoms with van der Waals surface area (Å²) in [6.07, 6.45) is 3.46. The summed E-state index contributed by atoms with van der Waals surface area (Å²) < 4.78 is 0. The van der Waals surface area contributed by atoms with Gasteiger partial charge in [0, 0.05) is 24.7 Å². The molecule has 0 aromatic rings. The third kappa shape index (κ3) is 10.1. The van der Waals surface area contributed by atoms with Crippen molar-refractivity contribution in [2.75, 3.05) is 26.3 Å². The zero-order valence-electron chi connectivity index (χ0n) is 11.3. The Hall–Kier alpha value is 0.160. The molecule has 0 radical (unpaired) electrons. The second-order valence-electron chi connectivity index (χ2n) is 4.38. The third-order valence-electron chi connectivity index (χ3n) is 2.77. The lowest BCUT2D eigenvalue weighted by molar-refractivity contribution is 0.175. The molecule has 0 rings (SSSR count). The predicted octanol–water partition coefficient (Wildman–Crippen LogP) is 1.11. The van der Waals surface area contributed by atoms with E-state index in [1.807, 2.05) is 13.8 Å². The van der Waals surface area contributed by atoms with Gasteiger partial charge in [0.25, 0.3) is 0 Å². The van der Waals surface area contributed by atoms with E-state index in [2.05, 4.69) is 17.2 Å². The highest BCUT2D eigenvalue weighted by Crippen LogP contribution is 2.08. The number of aliphatic hydroxyl groups is 2. The van der Waals surface area contributed by atoms with E-state index in [0.29, 0.717) is 0 Å². The fourth-order valence-electron chi connectivity index (χ4n) is 1.49. The Morgan fingerprint density at radius 2 is 1.89 bits per heavy atom. The summed E-state index contributed by atoms with van der Waals surface area (Å²) >= 11 is 0. The first kappa shape index (κ1) is 23.3. The van der Waals surface area contributed by atoms with Crippen molar-refractivity contribution in [3.63, 3.8) is 0 Å². The first-order valence-corrected chi connectivity index (χ1v) is 5.93. The van der Waals surface area contributed by atoms with Crippen molar-refractivity contribution in [3.05, 3.63) is 12.7 Å². The molecule has 6 heteroatoms. The highest BCUT2D eigenvalue weighted by molar-refractivity contribution is 5.85. The van der Waals surface area contributed by atoms with Crippen molar-refractivity contribution in [1.82, 2.24) is 10.6 Å². The SMILES string of the molecule is C=CC[C@@](C)(CO)NCCN[C@@H](CC)CO.Cl.Cl. The summed E-state index contributed by atoms with van der Waals surface area (Å²) in [6, 6.07) is 0.168. The van der Waals surface area contributed by atoms with Gasteiger partial charge in [-0.15, -0.1) is 31.4 Å². The molecular weight excluding hydrogens is 275 g/mol. The molecule has 4 N–H and O–H groups in total. The van der Waals surface area contributed by atoms with Crippen LogP contribution in [0.4, 0.5) is 0 Å². The lowest BCUT2D eigenvalue weighted by atomic mass is 9.99. The third-order valence-corrected chi connectivity index (χ3v) is 2.77. The maximum atomic E-state index is 9.25. The first-order valence-electron chi connectivity index (χ1n) is 5.93. The van der Waals surface area contributed by atoms with Crippen molar-refractivity contribution in [2.45, 2.75) is 38.3 Å². The van der Waals surface area contributed by atoms with Crippen molar-refractivity contribution in [2.24, 2.45) is 0 Å². The summed E-state index contributed by atoms with van der Waals surface area (Å²) in [6.45, 7) is 9.50. The summed E-state index contributed by atoms with van der Waals surface area (Å²) in [7, 11) is 0. The van der Waals surface area contributed by atoms with Crippen molar-refractivity contribution in [3.8, 4) is 0 Å². The normalized spacial score (nSPS) is 14.9. The van der Waals surface area contributed by atoms with Gasteiger partial charge in [-0.2, -0.15) is 0 Å². The summed E-state index contributed by atoms with van der Waals surface area (Å²) in [5.74, 6) is 0. The maximum absolute atomic E-state index is 9.25. The van der Waals surface area contributed by atoms with Crippen LogP contribution in [0.15, 0.2) is 12.7 Å². The minimum Gasteiger partial charge on any atom is -0.395 e. The molecule has 0 saturated carbocycles. The topological polar surface area (TPSA) is 64.5 Å². The molecular formula is C12H28Cl2N2O2. The molecule has 0 fully saturated rings. The number of halogens is 2. The van der Waals surface area contributed by atoms with Crippen LogP contribution in [0.5, 0.6) is 0 Å². The first-order chi connectivity index (χ1) is 7.61. The zero-order valence-corrected chi connectivity index (χ0v) is 12.9. The van der Waals surface area contributed by atoms with Gasteiger partial charge in [0.1, 0.15) is 0 Å². The highest BCUT2D eigenvalue weighted by atomic mass is 35.5. The molecule has 0 heterocycles. The van der Waals surface area contributed by atoms with E-state index < -0.39 is 0 Å². The number of hydrogen-bond acceptors (Lipinski definition) is 4. The molecule has 0 unspecified atom stereocenters. The number of aliphatic hydroxyl groups excluding tert-OH is 2. The molecule has 0 aromatic carbocycles. The lowest BCUT2D eigenvalue weighted by Crippen LogP contribution is -2.48. The Labute approximate surface area is 123 Å². The maximum Gasteiger partial charge on any atom is 0.0613 e. The van der Waals surface area contributed by atoms with E-state index in [0.717, 1.165) is 25.9 Å². The van der Waals surface area contributed by atoms with Gasteiger partial charge in [0.2, 0.25) is 0 Å². The molecule has 112 valence electrons. The van der Waals surface area contributed by atoms with Crippen molar-refractivity contribution in [1.29, 1.82) is 0 Å². The van der Waals surface area contributed by atoms with Crippen molar-refractivity contribution >= 4 is 24.8 Å². The molecule has 0 aliphatic carbocycles. The van der Waals surface area contributed by atoms with Gasteiger partial charge in [-0.3, -0.25) is 0 Å². The molecule has 0 spiro atoms. The molecule has 0 amide bonds. The standard InChI is InChI=1S/C12H26N2O2.2ClH/c1-4-6-12(3,10-16)14-8-7-13-11(5-2)9-15;;/h4,11,13-16H,1,5-10H2,2-3H3;2*1H/t11-,12-;;/m0../s1. The lowest BCUT2D eigenvalue weighted by Gasteiger charge is -2.28. The summed E-state index contributed by atoms with van der Waals surface area (Å²) in [4.78, 5) is 0.